The number of nitrogens with zero attached hydrogens (tertiary/aromatic N) is 2. The molecule has 2 fully saturated rings. The maximum absolute atomic E-state index is 12.7. The summed E-state index contributed by atoms with van der Waals surface area (Å²) in [6.07, 6.45) is 0.858. The van der Waals surface area contributed by atoms with E-state index in [1.165, 1.54) is 4.90 Å². The number of benzene rings is 1. The maximum Gasteiger partial charge on any atom is 0.311 e. The quantitative estimate of drug-likeness (QED) is 0.846. The number of rotatable bonds is 3. The normalized spacial score (nSPS) is 26.9. The third-order valence-corrected chi connectivity index (χ3v) is 5.20. The Morgan fingerprint density at radius 1 is 1.25 bits per heavy atom. The lowest BCUT2D eigenvalue weighted by Crippen LogP contribution is -2.41. The number of hydrogen-bond donors (Lipinski definition) is 1. The summed E-state index contributed by atoms with van der Waals surface area (Å²) in [6, 6.07) is 6.92. The number of carbonyl (C=O) groups excluding carboxylic acids is 2. The molecule has 0 radical (unpaired) electrons. The lowest BCUT2D eigenvalue weighted by atomic mass is 9.90. The Bertz CT molecular complexity index is 690. The molecule has 7 heteroatoms. The molecule has 2 saturated heterocycles. The summed E-state index contributed by atoms with van der Waals surface area (Å²) in [4.78, 5) is 39.7. The van der Waals surface area contributed by atoms with Crippen molar-refractivity contribution in [2.75, 3.05) is 24.5 Å². The van der Waals surface area contributed by atoms with Crippen LogP contribution in [0.3, 0.4) is 0 Å². The molecule has 0 saturated carbocycles. The summed E-state index contributed by atoms with van der Waals surface area (Å²) < 4.78 is 0. The van der Waals surface area contributed by atoms with E-state index in [2.05, 4.69) is 0 Å². The van der Waals surface area contributed by atoms with Crippen molar-refractivity contribution in [1.29, 1.82) is 0 Å². The molecular weight excluding hydrogens is 332 g/mol. The zero-order chi connectivity index (χ0) is 17.5. The number of carboxylic acid groups (broad SMARTS) is 1. The Kier molecular flexibility index (Phi) is 4.25. The molecule has 2 aliphatic heterocycles. The van der Waals surface area contributed by atoms with Crippen molar-refractivity contribution in [1.82, 2.24) is 4.90 Å². The molecule has 0 unspecified atom stereocenters. The molecule has 128 valence electrons. The molecule has 3 rings (SSSR count). The van der Waals surface area contributed by atoms with Crippen LogP contribution in [0.25, 0.3) is 0 Å². The van der Waals surface area contributed by atoms with E-state index < -0.39 is 17.3 Å². The van der Waals surface area contributed by atoms with Gasteiger partial charge in [0.1, 0.15) is 5.92 Å². The van der Waals surface area contributed by atoms with Crippen LogP contribution in [-0.4, -0.2) is 47.4 Å². The summed E-state index contributed by atoms with van der Waals surface area (Å²) in [7, 11) is 0. The largest absolute Gasteiger partial charge is 0.481 e. The van der Waals surface area contributed by atoms with Crippen molar-refractivity contribution in [3.8, 4) is 0 Å². The van der Waals surface area contributed by atoms with Crippen molar-refractivity contribution in [3.63, 3.8) is 0 Å². The highest BCUT2D eigenvalue weighted by atomic mass is 35.5. The van der Waals surface area contributed by atoms with Gasteiger partial charge in [-0.2, -0.15) is 0 Å². The number of likely N-dealkylation sites (tertiary alicyclic amines) is 1. The summed E-state index contributed by atoms with van der Waals surface area (Å²) in [5, 5.41) is 9.86. The number of carboxylic acids is 1. The molecule has 0 spiro atoms. The highest BCUT2D eigenvalue weighted by molar-refractivity contribution is 6.30. The Morgan fingerprint density at radius 3 is 2.50 bits per heavy atom. The number of hydrogen-bond acceptors (Lipinski definition) is 3. The molecular formula is C17H19ClN2O4. The van der Waals surface area contributed by atoms with E-state index in [1.54, 1.807) is 36.1 Å². The van der Waals surface area contributed by atoms with E-state index in [0.29, 0.717) is 31.0 Å². The first-order valence-electron chi connectivity index (χ1n) is 7.91. The number of amides is 2. The van der Waals surface area contributed by atoms with E-state index >= 15 is 0 Å². The zero-order valence-corrected chi connectivity index (χ0v) is 14.1. The molecule has 0 bridgehead atoms. The van der Waals surface area contributed by atoms with Crippen LogP contribution in [-0.2, 0) is 14.4 Å². The monoisotopic (exact) mass is 350 g/mol. The molecule has 2 amide bonds. The second kappa shape index (κ2) is 6.09. The minimum Gasteiger partial charge on any atom is -0.481 e. The van der Waals surface area contributed by atoms with Gasteiger partial charge in [0.05, 0.1) is 5.41 Å². The molecule has 0 aromatic heterocycles. The maximum atomic E-state index is 12.7. The smallest absolute Gasteiger partial charge is 0.311 e. The number of aliphatic carboxylic acids is 1. The van der Waals surface area contributed by atoms with Gasteiger partial charge in [-0.3, -0.25) is 14.4 Å². The first kappa shape index (κ1) is 16.8. The van der Waals surface area contributed by atoms with Crippen LogP contribution in [0, 0.1) is 11.3 Å². The van der Waals surface area contributed by atoms with Crippen LogP contribution in [0.15, 0.2) is 24.3 Å². The highest BCUT2D eigenvalue weighted by Gasteiger charge is 2.46. The van der Waals surface area contributed by atoms with Crippen molar-refractivity contribution in [2.24, 2.45) is 11.3 Å². The molecule has 1 aromatic rings. The van der Waals surface area contributed by atoms with Gasteiger partial charge in [0, 0.05) is 30.3 Å². The summed E-state index contributed by atoms with van der Waals surface area (Å²) in [6.45, 7) is 2.65. The lowest BCUT2D eigenvalue weighted by Gasteiger charge is -2.22. The van der Waals surface area contributed by atoms with Gasteiger partial charge in [-0.25, -0.2) is 0 Å². The molecule has 1 N–H and O–H groups in total. The van der Waals surface area contributed by atoms with E-state index in [9.17, 15) is 19.5 Å². The van der Waals surface area contributed by atoms with Gasteiger partial charge in [-0.05, 0) is 44.0 Å². The average molecular weight is 351 g/mol. The first-order chi connectivity index (χ1) is 11.3. The highest BCUT2D eigenvalue weighted by Crippen LogP contribution is 2.33. The Balaban J connectivity index is 1.70. The van der Waals surface area contributed by atoms with Crippen LogP contribution >= 0.6 is 11.6 Å². The lowest BCUT2D eigenvalue weighted by molar-refractivity contribution is -0.147. The second-order valence-corrected chi connectivity index (χ2v) is 7.12. The predicted molar refractivity (Wildman–Crippen MR) is 88.9 cm³/mol. The number of halogens is 1. The third-order valence-electron chi connectivity index (χ3n) is 4.94. The Morgan fingerprint density at radius 2 is 1.92 bits per heavy atom. The van der Waals surface area contributed by atoms with Gasteiger partial charge in [0.15, 0.2) is 0 Å². The Hall–Kier alpha value is -2.08. The van der Waals surface area contributed by atoms with Crippen molar-refractivity contribution < 1.29 is 19.5 Å². The average Bonchev–Trinajstić information content (AvgIpc) is 3.12. The van der Waals surface area contributed by atoms with E-state index in [4.69, 9.17) is 11.6 Å². The molecule has 2 heterocycles. The topological polar surface area (TPSA) is 77.9 Å². The fourth-order valence-electron chi connectivity index (χ4n) is 3.33. The van der Waals surface area contributed by atoms with Crippen molar-refractivity contribution in [2.45, 2.75) is 19.8 Å². The SMILES string of the molecule is C[C@]1(C(=O)O)CCN(C(=O)[C@H]2CCN(c3ccc(Cl)cc3)C2=O)C1. The summed E-state index contributed by atoms with van der Waals surface area (Å²) in [5.41, 5.74) is -0.204. The molecule has 0 aliphatic carbocycles. The molecule has 2 atom stereocenters. The van der Waals surface area contributed by atoms with Crippen molar-refractivity contribution >= 4 is 35.1 Å². The minimum atomic E-state index is -0.923. The van der Waals surface area contributed by atoms with E-state index in [1.807, 2.05) is 0 Å². The van der Waals surface area contributed by atoms with Crippen LogP contribution in [0.2, 0.25) is 5.02 Å². The number of anilines is 1. The van der Waals surface area contributed by atoms with E-state index in [-0.39, 0.29) is 18.4 Å². The third kappa shape index (κ3) is 2.86. The van der Waals surface area contributed by atoms with Crippen molar-refractivity contribution in [3.05, 3.63) is 29.3 Å². The predicted octanol–water partition coefficient (Wildman–Crippen LogP) is 2.02. The molecule has 2 aliphatic rings. The fourth-order valence-corrected chi connectivity index (χ4v) is 3.46. The molecule has 1 aromatic carbocycles. The van der Waals surface area contributed by atoms with Gasteiger partial charge >= 0.3 is 5.97 Å². The van der Waals surface area contributed by atoms with Crippen LogP contribution in [0.5, 0.6) is 0 Å². The van der Waals surface area contributed by atoms with Crippen LogP contribution < -0.4 is 4.90 Å². The van der Waals surface area contributed by atoms with Gasteiger partial charge in [0.2, 0.25) is 11.8 Å². The summed E-state index contributed by atoms with van der Waals surface area (Å²) in [5.74, 6) is -2.12. The first-order valence-corrected chi connectivity index (χ1v) is 8.29. The van der Waals surface area contributed by atoms with Gasteiger partial charge in [0.25, 0.3) is 0 Å². The zero-order valence-electron chi connectivity index (χ0n) is 13.4. The van der Waals surface area contributed by atoms with E-state index in [0.717, 1.165) is 5.69 Å². The summed E-state index contributed by atoms with van der Waals surface area (Å²) >= 11 is 5.86. The minimum absolute atomic E-state index is 0.159. The fraction of sp³-hybridized carbons (Fsp3) is 0.471. The standard InChI is InChI=1S/C17H19ClN2O4/c1-17(16(23)24)7-9-19(10-17)14(21)13-6-8-20(15(13)22)12-4-2-11(18)3-5-12/h2-5,13H,6-10H2,1H3,(H,23,24)/t13-,17+/m1/s1. The molecule has 6 nitrogen and oxygen atoms in total. The van der Waals surface area contributed by atoms with Gasteiger partial charge in [-0.15, -0.1) is 0 Å². The molecule has 24 heavy (non-hydrogen) atoms. The number of carbonyl (C=O) groups is 3. The van der Waals surface area contributed by atoms with Gasteiger partial charge < -0.3 is 14.9 Å². The Labute approximate surface area is 145 Å². The van der Waals surface area contributed by atoms with Crippen LogP contribution in [0.4, 0.5) is 5.69 Å². The second-order valence-electron chi connectivity index (χ2n) is 6.68. The van der Waals surface area contributed by atoms with Crippen LogP contribution in [0.1, 0.15) is 19.8 Å². The van der Waals surface area contributed by atoms with Gasteiger partial charge in [-0.1, -0.05) is 11.6 Å².